The van der Waals surface area contributed by atoms with Crippen molar-refractivity contribution >= 4 is 21.9 Å². The molecule has 0 unspecified atom stereocenters. The fourth-order valence-electron chi connectivity index (χ4n) is 3.55. The number of carbonyl (C=O) groups is 1. The summed E-state index contributed by atoms with van der Waals surface area (Å²) in [4.78, 5) is 13.3. The molecule has 0 bridgehead atoms. The van der Waals surface area contributed by atoms with Crippen molar-refractivity contribution in [3.05, 3.63) is 21.5 Å². The number of allylic oxidation sites excluding steroid dienone is 4. The van der Waals surface area contributed by atoms with Crippen LogP contribution in [0, 0.1) is 0 Å². The van der Waals surface area contributed by atoms with Crippen molar-refractivity contribution in [2.75, 3.05) is 0 Å². The lowest BCUT2D eigenvalue weighted by atomic mass is 9.99. The van der Waals surface area contributed by atoms with Gasteiger partial charge >= 0.3 is 0 Å². The maximum Gasteiger partial charge on any atom is 0.177 e. The molecule has 0 aromatic carbocycles. The smallest absolute Gasteiger partial charge is 0.177 e. The summed E-state index contributed by atoms with van der Waals surface area (Å²) in [5.41, 5.74) is 2.97. The Balaban J connectivity index is 3.45. The molecule has 0 N–H and O–H groups in total. The van der Waals surface area contributed by atoms with Gasteiger partial charge in [0.1, 0.15) is 0 Å². The van der Waals surface area contributed by atoms with Gasteiger partial charge in [-0.05, 0) is 47.2 Å². The predicted molar refractivity (Wildman–Crippen MR) is 105 cm³/mol. The van der Waals surface area contributed by atoms with Crippen LogP contribution < -0.4 is 0 Å². The molecule has 0 saturated carbocycles. The second kappa shape index (κ2) is 7.44. The van der Waals surface area contributed by atoms with E-state index >= 15 is 0 Å². The minimum atomic E-state index is -1.59. The van der Waals surface area contributed by atoms with Crippen LogP contribution in [0.1, 0.15) is 52.4 Å². The van der Waals surface area contributed by atoms with Gasteiger partial charge in [0.05, 0.1) is 16.1 Å². The summed E-state index contributed by atoms with van der Waals surface area (Å²) in [5.74, 6) is 0.454. The summed E-state index contributed by atoms with van der Waals surface area (Å²) in [5, 5.41) is 2.54. The summed E-state index contributed by atoms with van der Waals surface area (Å²) in [6.45, 7) is 18.6. The molecular weight excluding hydrogens is 300 g/mol. The van der Waals surface area contributed by atoms with Crippen LogP contribution in [0.2, 0.25) is 39.3 Å². The zero-order chi connectivity index (χ0) is 17.1. The topological polar surface area (TPSA) is 17.1 Å². The zero-order valence-corrected chi connectivity index (χ0v) is 18.2. The first-order chi connectivity index (χ1) is 10.1. The number of unbranched alkanes of at least 4 members (excludes halogenated alkanes) is 2. The van der Waals surface area contributed by atoms with Crippen LogP contribution in [-0.2, 0) is 4.79 Å². The molecule has 0 fully saturated rings. The lowest BCUT2D eigenvalue weighted by molar-refractivity contribution is -0.111. The second-order valence-corrected chi connectivity index (χ2v) is 18.7. The molecule has 0 saturated heterocycles. The van der Waals surface area contributed by atoms with Gasteiger partial charge in [0.15, 0.2) is 5.78 Å². The molecule has 1 aliphatic carbocycles. The Bertz CT molecular complexity index is 441. The van der Waals surface area contributed by atoms with E-state index in [1.54, 1.807) is 0 Å². The van der Waals surface area contributed by atoms with Gasteiger partial charge in [-0.25, -0.2) is 0 Å². The number of ketones is 1. The Kier molecular flexibility index (Phi) is 6.63. The van der Waals surface area contributed by atoms with Gasteiger partial charge in [-0.15, -0.1) is 0 Å². The van der Waals surface area contributed by atoms with Crippen molar-refractivity contribution in [3.63, 3.8) is 0 Å². The molecule has 1 rings (SSSR count). The summed E-state index contributed by atoms with van der Waals surface area (Å²) in [6.07, 6.45) is 7.08. The molecule has 0 radical (unpaired) electrons. The standard InChI is InChI=1S/C19H36OSi2/c1-9-11-13-15-16(14-12-10-2)19(22(6,7)8)17(20)18(15)21(3,4)5/h9-14H2,1-8H3. The molecule has 0 heterocycles. The third-order valence-corrected chi connectivity index (χ3v) is 8.54. The number of rotatable bonds is 8. The van der Waals surface area contributed by atoms with Gasteiger partial charge in [0, 0.05) is 0 Å². The molecule has 3 heteroatoms. The highest BCUT2D eigenvalue weighted by Crippen LogP contribution is 2.42. The van der Waals surface area contributed by atoms with E-state index < -0.39 is 16.1 Å². The minimum absolute atomic E-state index is 0.454. The van der Waals surface area contributed by atoms with E-state index in [-0.39, 0.29) is 0 Å². The van der Waals surface area contributed by atoms with Crippen molar-refractivity contribution < 1.29 is 4.79 Å². The third kappa shape index (κ3) is 4.32. The Morgan fingerprint density at radius 1 is 0.682 bits per heavy atom. The SMILES string of the molecule is CCCCC1=C([Si](C)(C)C)C(=O)C([Si](C)(C)C)=C1CCCC. The van der Waals surface area contributed by atoms with E-state index in [4.69, 9.17) is 0 Å². The molecule has 0 aromatic rings. The number of hydrogen-bond donors (Lipinski definition) is 0. The Morgan fingerprint density at radius 2 is 1.00 bits per heavy atom. The van der Waals surface area contributed by atoms with E-state index in [0.717, 1.165) is 12.8 Å². The van der Waals surface area contributed by atoms with Gasteiger partial charge in [-0.3, -0.25) is 4.79 Å². The van der Waals surface area contributed by atoms with E-state index in [2.05, 4.69) is 53.1 Å². The molecule has 126 valence electrons. The quantitative estimate of drug-likeness (QED) is 0.475. The first kappa shape index (κ1) is 19.6. The number of hydrogen-bond acceptors (Lipinski definition) is 1. The largest absolute Gasteiger partial charge is 0.290 e. The first-order valence-electron chi connectivity index (χ1n) is 9.08. The van der Waals surface area contributed by atoms with Crippen molar-refractivity contribution in [2.24, 2.45) is 0 Å². The molecule has 0 atom stereocenters. The Morgan fingerprint density at radius 3 is 1.23 bits per heavy atom. The van der Waals surface area contributed by atoms with Crippen molar-refractivity contribution in [1.82, 2.24) is 0 Å². The molecule has 0 aromatic heterocycles. The van der Waals surface area contributed by atoms with Crippen LogP contribution in [0.5, 0.6) is 0 Å². The number of carbonyl (C=O) groups excluding carboxylic acids is 1. The predicted octanol–water partition coefficient (Wildman–Crippen LogP) is 6.30. The lowest BCUT2D eigenvalue weighted by Gasteiger charge is -2.22. The van der Waals surface area contributed by atoms with Crippen LogP contribution in [0.15, 0.2) is 21.5 Å². The Hall–Kier alpha value is -0.416. The van der Waals surface area contributed by atoms with Gasteiger partial charge in [-0.1, -0.05) is 66.0 Å². The highest BCUT2D eigenvalue weighted by atomic mass is 28.3. The highest BCUT2D eigenvalue weighted by Gasteiger charge is 2.42. The summed E-state index contributed by atoms with van der Waals surface area (Å²) >= 11 is 0. The maximum atomic E-state index is 13.3. The third-order valence-electron chi connectivity index (χ3n) is 4.48. The molecule has 1 aliphatic rings. The van der Waals surface area contributed by atoms with Gasteiger partial charge < -0.3 is 0 Å². The van der Waals surface area contributed by atoms with Crippen LogP contribution >= 0.6 is 0 Å². The van der Waals surface area contributed by atoms with Crippen LogP contribution in [-0.4, -0.2) is 21.9 Å². The molecule has 0 aliphatic heterocycles. The highest BCUT2D eigenvalue weighted by molar-refractivity contribution is 6.94. The van der Waals surface area contributed by atoms with Crippen LogP contribution in [0.25, 0.3) is 0 Å². The van der Waals surface area contributed by atoms with Crippen LogP contribution in [0.3, 0.4) is 0 Å². The van der Waals surface area contributed by atoms with E-state index in [1.165, 1.54) is 47.2 Å². The molecule has 1 nitrogen and oxygen atoms in total. The normalized spacial score (nSPS) is 17.0. The summed E-state index contributed by atoms with van der Waals surface area (Å²) in [6, 6.07) is 0. The zero-order valence-electron chi connectivity index (χ0n) is 16.2. The van der Waals surface area contributed by atoms with Crippen molar-refractivity contribution in [1.29, 1.82) is 0 Å². The molecule has 22 heavy (non-hydrogen) atoms. The van der Waals surface area contributed by atoms with Crippen LogP contribution in [0.4, 0.5) is 0 Å². The monoisotopic (exact) mass is 336 g/mol. The van der Waals surface area contributed by atoms with Gasteiger partial charge in [0.25, 0.3) is 0 Å². The lowest BCUT2D eigenvalue weighted by Crippen LogP contribution is -2.35. The summed E-state index contributed by atoms with van der Waals surface area (Å²) < 4.78 is 0. The van der Waals surface area contributed by atoms with Crippen molar-refractivity contribution in [3.8, 4) is 0 Å². The van der Waals surface area contributed by atoms with Crippen molar-refractivity contribution in [2.45, 2.75) is 91.7 Å². The molecular formula is C19H36OSi2. The fraction of sp³-hybridized carbons (Fsp3) is 0.737. The molecule has 0 spiro atoms. The first-order valence-corrected chi connectivity index (χ1v) is 16.1. The minimum Gasteiger partial charge on any atom is -0.290 e. The number of Topliss-reactive ketones (excluding diaryl/α,β-unsaturated/α-hetero) is 1. The van der Waals surface area contributed by atoms with E-state index in [9.17, 15) is 4.79 Å². The Labute approximate surface area is 140 Å². The fourth-order valence-corrected chi connectivity index (χ4v) is 7.65. The van der Waals surface area contributed by atoms with E-state index in [1.807, 2.05) is 0 Å². The summed E-state index contributed by atoms with van der Waals surface area (Å²) in [7, 11) is -3.18. The average Bonchev–Trinajstić information content (AvgIpc) is 2.65. The average molecular weight is 337 g/mol. The van der Waals surface area contributed by atoms with E-state index in [0.29, 0.717) is 5.78 Å². The maximum absolute atomic E-state index is 13.3. The second-order valence-electron chi connectivity index (χ2n) is 8.74. The van der Waals surface area contributed by atoms with Gasteiger partial charge in [-0.2, -0.15) is 0 Å². The van der Waals surface area contributed by atoms with Gasteiger partial charge in [0.2, 0.25) is 0 Å². The molecule has 0 amide bonds.